The summed E-state index contributed by atoms with van der Waals surface area (Å²) in [5.41, 5.74) is -0.359. The van der Waals surface area contributed by atoms with E-state index in [1.165, 1.54) is 32.1 Å². The first-order chi connectivity index (χ1) is 15.9. The van der Waals surface area contributed by atoms with E-state index in [9.17, 15) is 4.79 Å². The molecule has 174 valence electrons. The highest BCUT2D eigenvalue weighted by atomic mass is 35.5. The Balaban J connectivity index is 1.46. The fourth-order valence-corrected chi connectivity index (χ4v) is 4.89. The van der Waals surface area contributed by atoms with Crippen LogP contribution in [-0.4, -0.2) is 25.5 Å². The van der Waals surface area contributed by atoms with Crippen LogP contribution >= 0.6 is 23.5 Å². The van der Waals surface area contributed by atoms with Crippen LogP contribution in [0.2, 0.25) is 5.02 Å². The number of carbonyl (C=O) groups is 1. The van der Waals surface area contributed by atoms with E-state index in [1.807, 2.05) is 36.4 Å². The van der Waals surface area contributed by atoms with E-state index in [4.69, 9.17) is 21.1 Å². The van der Waals surface area contributed by atoms with Gasteiger partial charge in [-0.2, -0.15) is 8.78 Å². The van der Waals surface area contributed by atoms with Crippen LogP contribution in [0.1, 0.15) is 31.2 Å². The predicted molar refractivity (Wildman–Crippen MR) is 128 cm³/mol. The van der Waals surface area contributed by atoms with Gasteiger partial charge in [0, 0.05) is 10.5 Å². The van der Waals surface area contributed by atoms with Crippen LogP contribution in [0.15, 0.2) is 59.5 Å². The van der Waals surface area contributed by atoms with Crippen LogP contribution in [0.4, 0.5) is 8.78 Å². The van der Waals surface area contributed by atoms with E-state index >= 15 is 8.78 Å². The second-order valence-corrected chi connectivity index (χ2v) is 9.32. The highest BCUT2D eigenvalue weighted by Gasteiger charge is 2.42. The van der Waals surface area contributed by atoms with Crippen molar-refractivity contribution in [3.05, 3.63) is 65.2 Å². The Morgan fingerprint density at radius 1 is 1.09 bits per heavy atom. The van der Waals surface area contributed by atoms with Gasteiger partial charge >= 0.3 is 0 Å². The quantitative estimate of drug-likeness (QED) is 0.264. The molecule has 0 bridgehead atoms. The van der Waals surface area contributed by atoms with Crippen molar-refractivity contribution in [1.29, 1.82) is 0 Å². The minimum absolute atomic E-state index is 0.122. The molecule has 3 aromatic carbocycles. The number of benzene rings is 3. The summed E-state index contributed by atoms with van der Waals surface area (Å²) in [6.45, 7) is 0. The lowest BCUT2D eigenvalue weighted by Crippen LogP contribution is -2.41. The lowest BCUT2D eigenvalue weighted by Gasteiger charge is -2.24. The molecule has 4 rings (SSSR count). The van der Waals surface area contributed by atoms with Gasteiger partial charge in [0.05, 0.1) is 18.2 Å². The molecule has 1 fully saturated rings. The third-order valence-electron chi connectivity index (χ3n) is 5.75. The van der Waals surface area contributed by atoms with Crippen LogP contribution < -0.4 is 14.2 Å². The molecule has 0 heterocycles. The third kappa shape index (κ3) is 5.42. The molecule has 1 atom stereocenters. The number of methoxy groups -OCH3 is 1. The van der Waals surface area contributed by atoms with Crippen LogP contribution in [0.5, 0.6) is 11.5 Å². The normalized spacial score (nSPS) is 15.5. The van der Waals surface area contributed by atoms with Crippen LogP contribution in [0.25, 0.3) is 10.8 Å². The first-order valence-electron chi connectivity index (χ1n) is 10.7. The second kappa shape index (κ2) is 10.3. The number of alkyl halides is 2. The van der Waals surface area contributed by atoms with Crippen molar-refractivity contribution in [1.82, 2.24) is 4.72 Å². The molecule has 0 radical (unpaired) electrons. The predicted octanol–water partition coefficient (Wildman–Crippen LogP) is 6.78. The second-order valence-electron chi connectivity index (χ2n) is 8.00. The van der Waals surface area contributed by atoms with E-state index in [-0.39, 0.29) is 28.7 Å². The zero-order valence-corrected chi connectivity index (χ0v) is 19.6. The summed E-state index contributed by atoms with van der Waals surface area (Å²) >= 11 is 6.92. The summed E-state index contributed by atoms with van der Waals surface area (Å²) in [6, 6.07) is 13.4. The molecule has 8 heteroatoms. The summed E-state index contributed by atoms with van der Waals surface area (Å²) in [6.07, 6.45) is 5.08. The largest absolute Gasteiger partial charge is 0.495 e. The molecular formula is C25H24ClF2NO3S. The fraction of sp³-hybridized carbons (Fsp3) is 0.320. The molecule has 4 nitrogen and oxygen atoms in total. The molecule has 0 amide bonds. The van der Waals surface area contributed by atoms with Crippen molar-refractivity contribution in [2.45, 2.75) is 48.6 Å². The minimum atomic E-state index is -3.46. The first-order valence-corrected chi connectivity index (χ1v) is 11.9. The number of fused-ring (bicyclic) bond motifs is 1. The standard InChI is InChI=1S/C25H24ClF2NO3S/c1-31-23-14-18(8-11-22(23)26)25(27,28)24(15-30)29-33-21-10-7-16-12-20(9-6-17(16)13-21)32-19-4-2-3-5-19/h6-15,19,24,29H,2-5H2,1H3. The van der Waals surface area contributed by atoms with Crippen LogP contribution in [0.3, 0.4) is 0 Å². The smallest absolute Gasteiger partial charge is 0.295 e. The number of ether oxygens (including phenoxy) is 2. The maximum Gasteiger partial charge on any atom is 0.295 e. The highest BCUT2D eigenvalue weighted by Crippen LogP contribution is 2.37. The maximum atomic E-state index is 15.0. The van der Waals surface area contributed by atoms with Gasteiger partial charge in [-0.15, -0.1) is 0 Å². The molecule has 1 N–H and O–H groups in total. The van der Waals surface area contributed by atoms with Gasteiger partial charge in [-0.3, -0.25) is 0 Å². The minimum Gasteiger partial charge on any atom is -0.495 e. The number of hydrogen-bond donors (Lipinski definition) is 1. The summed E-state index contributed by atoms with van der Waals surface area (Å²) in [7, 11) is 1.35. The first kappa shape index (κ1) is 23.8. The number of nitrogens with one attached hydrogen (secondary N) is 1. The number of aldehydes is 1. The van der Waals surface area contributed by atoms with Gasteiger partial charge < -0.3 is 14.3 Å². The molecule has 1 aliphatic rings. The lowest BCUT2D eigenvalue weighted by molar-refractivity contribution is -0.119. The van der Waals surface area contributed by atoms with Crippen molar-refractivity contribution in [2.75, 3.05) is 7.11 Å². The molecule has 33 heavy (non-hydrogen) atoms. The molecule has 1 unspecified atom stereocenters. The lowest BCUT2D eigenvalue weighted by atomic mass is 10.0. The Morgan fingerprint density at radius 2 is 1.82 bits per heavy atom. The van der Waals surface area contributed by atoms with Gasteiger partial charge in [0.1, 0.15) is 23.8 Å². The van der Waals surface area contributed by atoms with Crippen molar-refractivity contribution in [2.24, 2.45) is 0 Å². The van der Waals surface area contributed by atoms with Crippen molar-refractivity contribution in [3.63, 3.8) is 0 Å². The van der Waals surface area contributed by atoms with Gasteiger partial charge in [0.15, 0.2) is 0 Å². The van der Waals surface area contributed by atoms with Gasteiger partial charge in [-0.25, -0.2) is 4.72 Å². The average Bonchev–Trinajstić information content (AvgIpc) is 3.32. The SMILES string of the molecule is COc1cc(C(F)(F)C(C=O)NSc2ccc3cc(OC4CCCC4)ccc3c2)ccc1Cl. The van der Waals surface area contributed by atoms with Gasteiger partial charge in [0.2, 0.25) is 0 Å². The number of rotatable bonds is 9. The molecule has 1 aliphatic carbocycles. The molecule has 0 aromatic heterocycles. The van der Waals surface area contributed by atoms with E-state index in [0.29, 0.717) is 4.90 Å². The number of carbonyl (C=O) groups excluding carboxylic acids is 1. The van der Waals surface area contributed by atoms with Crippen LogP contribution in [0, 0.1) is 0 Å². The monoisotopic (exact) mass is 491 g/mol. The van der Waals surface area contributed by atoms with Crippen molar-refractivity contribution in [3.8, 4) is 11.5 Å². The summed E-state index contributed by atoms with van der Waals surface area (Å²) in [4.78, 5) is 12.2. The molecule has 1 saturated carbocycles. The number of hydrogen-bond acceptors (Lipinski definition) is 5. The van der Waals surface area contributed by atoms with Crippen LogP contribution in [-0.2, 0) is 10.7 Å². The molecule has 0 saturated heterocycles. The van der Waals surface area contributed by atoms with E-state index in [2.05, 4.69) is 4.72 Å². The number of halogens is 3. The zero-order valence-electron chi connectivity index (χ0n) is 18.0. The highest BCUT2D eigenvalue weighted by molar-refractivity contribution is 7.97. The maximum absolute atomic E-state index is 15.0. The Bertz CT molecular complexity index is 1140. The summed E-state index contributed by atoms with van der Waals surface area (Å²) < 4.78 is 43.7. The molecule has 0 spiro atoms. The Hall–Kier alpha value is -2.35. The Labute approximate surface area is 200 Å². The van der Waals surface area contributed by atoms with Gasteiger partial charge in [-0.05, 0) is 84.8 Å². The molecule has 0 aliphatic heterocycles. The van der Waals surface area contributed by atoms with E-state index in [1.54, 1.807) is 0 Å². The summed E-state index contributed by atoms with van der Waals surface area (Å²) in [5.74, 6) is -2.50. The van der Waals surface area contributed by atoms with Crippen molar-refractivity contribution >= 4 is 40.6 Å². The van der Waals surface area contributed by atoms with Gasteiger partial charge in [0.25, 0.3) is 5.92 Å². The summed E-state index contributed by atoms with van der Waals surface area (Å²) in [5, 5.41) is 2.17. The molecular weight excluding hydrogens is 468 g/mol. The van der Waals surface area contributed by atoms with Crippen molar-refractivity contribution < 1.29 is 23.0 Å². The van der Waals surface area contributed by atoms with Gasteiger partial charge in [-0.1, -0.05) is 29.8 Å². The topological polar surface area (TPSA) is 47.6 Å². The Morgan fingerprint density at radius 3 is 2.55 bits per heavy atom. The Kier molecular flexibility index (Phi) is 7.41. The van der Waals surface area contributed by atoms with E-state index < -0.39 is 12.0 Å². The average molecular weight is 492 g/mol. The fourth-order valence-electron chi connectivity index (χ4n) is 3.90. The zero-order chi connectivity index (χ0) is 23.4. The van der Waals surface area contributed by atoms with E-state index in [0.717, 1.165) is 47.4 Å². The third-order valence-corrected chi connectivity index (χ3v) is 6.93. The molecule has 3 aromatic rings.